The second-order valence-corrected chi connectivity index (χ2v) is 6.89. The molecule has 1 heterocycles. The van der Waals surface area contributed by atoms with E-state index in [1.807, 2.05) is 19.1 Å². The summed E-state index contributed by atoms with van der Waals surface area (Å²) in [6, 6.07) is 11.5. The molecule has 2 aromatic carbocycles. The van der Waals surface area contributed by atoms with Crippen molar-refractivity contribution in [3.05, 3.63) is 75.5 Å². The van der Waals surface area contributed by atoms with Gasteiger partial charge in [-0.15, -0.1) is 5.10 Å². The van der Waals surface area contributed by atoms with Crippen LogP contribution < -0.4 is 10.4 Å². The van der Waals surface area contributed by atoms with Gasteiger partial charge in [0, 0.05) is 18.2 Å². The Hall–Kier alpha value is -3.95. The highest BCUT2D eigenvalue weighted by atomic mass is 19.1. The summed E-state index contributed by atoms with van der Waals surface area (Å²) < 4.78 is 21.1. The highest BCUT2D eigenvalue weighted by Gasteiger charge is 2.19. The van der Waals surface area contributed by atoms with Gasteiger partial charge in [0.15, 0.2) is 6.10 Å². The number of hydrogen-bond donors (Lipinski definition) is 0. The lowest BCUT2D eigenvalue weighted by atomic mass is 10.1. The minimum atomic E-state index is -0.597. The van der Waals surface area contributed by atoms with Gasteiger partial charge in [-0.1, -0.05) is 28.5 Å². The number of halogens is 1. The van der Waals surface area contributed by atoms with E-state index in [9.17, 15) is 9.18 Å². The van der Waals surface area contributed by atoms with Crippen LogP contribution in [0.2, 0.25) is 0 Å². The van der Waals surface area contributed by atoms with Crippen LogP contribution in [0.5, 0.6) is 6.01 Å². The highest BCUT2D eigenvalue weighted by Crippen LogP contribution is 2.21. The summed E-state index contributed by atoms with van der Waals surface area (Å²) in [5.74, 6) is -0.356. The average molecular weight is 441 g/mol. The van der Waals surface area contributed by atoms with Crippen LogP contribution in [0.3, 0.4) is 0 Å². The van der Waals surface area contributed by atoms with Crippen LogP contribution in [0.4, 0.5) is 4.39 Å². The maximum absolute atomic E-state index is 13.3. The largest absolute Gasteiger partial charge is 0.467 e. The zero-order valence-electron chi connectivity index (χ0n) is 18.4. The summed E-state index contributed by atoms with van der Waals surface area (Å²) in [7, 11) is 4.41. The van der Waals surface area contributed by atoms with E-state index in [-0.39, 0.29) is 17.5 Å². The third-order valence-electron chi connectivity index (χ3n) is 4.70. The van der Waals surface area contributed by atoms with Gasteiger partial charge in [0.2, 0.25) is 0 Å². The van der Waals surface area contributed by atoms with Gasteiger partial charge in [0.1, 0.15) is 18.6 Å². The molecule has 0 aliphatic rings. The Labute approximate surface area is 184 Å². The van der Waals surface area contributed by atoms with Crippen molar-refractivity contribution < 1.29 is 18.8 Å². The van der Waals surface area contributed by atoms with E-state index in [2.05, 4.69) is 15.4 Å². The lowest BCUT2D eigenvalue weighted by molar-refractivity contribution is 0.114. The van der Waals surface area contributed by atoms with Crippen molar-refractivity contribution in [2.24, 2.45) is 17.4 Å². The number of nitrogens with zero attached hydrogens (tertiary/aromatic N) is 5. The number of hydrogen-bond acceptors (Lipinski definition) is 7. The summed E-state index contributed by atoms with van der Waals surface area (Å²) in [5.41, 5.74) is 2.75. The molecule has 0 amide bonds. The van der Waals surface area contributed by atoms with Crippen LogP contribution in [0, 0.1) is 12.7 Å². The fourth-order valence-electron chi connectivity index (χ4n) is 3.17. The van der Waals surface area contributed by atoms with E-state index in [1.54, 1.807) is 32.2 Å². The first kappa shape index (κ1) is 22.7. The molecule has 0 aliphatic heterocycles. The molecule has 1 atom stereocenters. The molecule has 0 radical (unpaired) electrons. The molecule has 0 fully saturated rings. The van der Waals surface area contributed by atoms with Crippen LogP contribution in [-0.4, -0.2) is 46.6 Å². The van der Waals surface area contributed by atoms with Gasteiger partial charge in [0.25, 0.3) is 0 Å². The van der Waals surface area contributed by atoms with Gasteiger partial charge in [0.05, 0.1) is 19.0 Å². The Bertz CT molecular complexity index is 1200. The minimum absolute atomic E-state index is 0.154. The zero-order valence-corrected chi connectivity index (χ0v) is 18.4. The normalized spacial score (nSPS) is 12.8. The monoisotopic (exact) mass is 441 g/mol. The standard InChI is InChI=1S/C22H24FN5O4/c1-14-7-6-8-17(20(14)28-21(30-4)25-27(3)22(28)29)13-24-32-15(2)19(26-31-5)16-9-11-18(23)12-10-16/h6-13,15H,1-5H3/b24-13+,26-19+. The van der Waals surface area contributed by atoms with Crippen molar-refractivity contribution in [2.75, 3.05) is 14.2 Å². The Morgan fingerprint density at radius 3 is 2.56 bits per heavy atom. The lowest BCUT2D eigenvalue weighted by Gasteiger charge is -2.13. The highest BCUT2D eigenvalue weighted by molar-refractivity contribution is 6.03. The van der Waals surface area contributed by atoms with E-state index in [0.29, 0.717) is 22.5 Å². The molecule has 0 aliphatic carbocycles. The summed E-state index contributed by atoms with van der Waals surface area (Å²) >= 11 is 0. The lowest BCUT2D eigenvalue weighted by Crippen LogP contribution is -2.23. The number of ether oxygens (including phenoxy) is 1. The van der Waals surface area contributed by atoms with Crippen LogP contribution in [0.15, 0.2) is 57.6 Å². The van der Waals surface area contributed by atoms with Crippen molar-refractivity contribution in [3.63, 3.8) is 0 Å². The first-order chi connectivity index (χ1) is 15.4. The van der Waals surface area contributed by atoms with Gasteiger partial charge in [-0.05, 0) is 43.7 Å². The Kier molecular flexibility index (Phi) is 7.04. The van der Waals surface area contributed by atoms with Crippen LogP contribution in [-0.2, 0) is 16.7 Å². The molecule has 3 aromatic rings. The van der Waals surface area contributed by atoms with Gasteiger partial charge >= 0.3 is 11.7 Å². The third kappa shape index (κ3) is 4.69. The average Bonchev–Trinajstić information content (AvgIpc) is 3.06. The number of para-hydroxylation sites is 1. The second-order valence-electron chi connectivity index (χ2n) is 6.89. The SMILES string of the molecule is CO/N=C(/c1ccc(F)cc1)C(C)O/N=C/c1cccc(C)c1-n1c(OC)nn(C)c1=O. The predicted octanol–water partition coefficient (Wildman–Crippen LogP) is 2.82. The van der Waals surface area contributed by atoms with Gasteiger partial charge < -0.3 is 14.4 Å². The van der Waals surface area contributed by atoms with Crippen LogP contribution in [0.1, 0.15) is 23.6 Å². The molecule has 168 valence electrons. The number of benzene rings is 2. The molecule has 32 heavy (non-hydrogen) atoms. The first-order valence-electron chi connectivity index (χ1n) is 9.73. The topological polar surface area (TPSA) is 92.2 Å². The van der Waals surface area contributed by atoms with Crippen molar-refractivity contribution in [3.8, 4) is 11.7 Å². The maximum Gasteiger partial charge on any atom is 0.353 e. The van der Waals surface area contributed by atoms with Crippen molar-refractivity contribution in [2.45, 2.75) is 20.0 Å². The molecular weight excluding hydrogens is 417 g/mol. The molecule has 10 heteroatoms. The molecule has 1 unspecified atom stereocenters. The molecule has 0 saturated carbocycles. The molecule has 3 rings (SSSR count). The summed E-state index contributed by atoms with van der Waals surface area (Å²) in [6.45, 7) is 3.61. The van der Waals surface area contributed by atoms with Crippen LogP contribution >= 0.6 is 0 Å². The molecule has 0 saturated heterocycles. The van der Waals surface area contributed by atoms with Gasteiger partial charge in [-0.2, -0.15) is 0 Å². The number of aryl methyl sites for hydroxylation is 2. The molecular formula is C22H24FN5O4. The fraction of sp³-hybridized carbons (Fsp3) is 0.273. The number of aromatic nitrogens is 3. The van der Waals surface area contributed by atoms with Gasteiger partial charge in [-0.25, -0.2) is 18.4 Å². The van der Waals surface area contributed by atoms with E-state index < -0.39 is 6.10 Å². The van der Waals surface area contributed by atoms with Crippen LogP contribution in [0.25, 0.3) is 5.69 Å². The summed E-state index contributed by atoms with van der Waals surface area (Å²) in [5, 5.41) is 12.2. The van der Waals surface area contributed by atoms with Crippen molar-refractivity contribution >= 4 is 11.9 Å². The van der Waals surface area contributed by atoms with E-state index >= 15 is 0 Å². The third-order valence-corrected chi connectivity index (χ3v) is 4.70. The minimum Gasteiger partial charge on any atom is -0.467 e. The molecule has 0 N–H and O–H groups in total. The summed E-state index contributed by atoms with van der Waals surface area (Å²) in [4.78, 5) is 23.1. The first-order valence-corrected chi connectivity index (χ1v) is 9.73. The van der Waals surface area contributed by atoms with Gasteiger partial charge in [-0.3, -0.25) is 0 Å². The zero-order chi connectivity index (χ0) is 23.3. The maximum atomic E-state index is 13.3. The second kappa shape index (κ2) is 9.90. The quantitative estimate of drug-likeness (QED) is 0.396. The van der Waals surface area contributed by atoms with Crippen molar-refractivity contribution in [1.82, 2.24) is 14.3 Å². The summed E-state index contributed by atoms with van der Waals surface area (Å²) in [6.07, 6.45) is 0.896. The van der Waals surface area contributed by atoms with Crippen molar-refractivity contribution in [1.29, 1.82) is 0 Å². The Morgan fingerprint density at radius 1 is 1.19 bits per heavy atom. The number of rotatable bonds is 8. The fourth-order valence-corrected chi connectivity index (χ4v) is 3.17. The molecule has 1 aromatic heterocycles. The molecule has 0 spiro atoms. The molecule has 0 bridgehead atoms. The number of methoxy groups -OCH3 is 1. The van der Waals surface area contributed by atoms with E-state index in [4.69, 9.17) is 14.4 Å². The molecule has 9 nitrogen and oxygen atoms in total. The van der Waals surface area contributed by atoms with E-state index in [1.165, 1.54) is 41.8 Å². The Balaban J connectivity index is 1.91. The van der Waals surface area contributed by atoms with E-state index in [0.717, 1.165) is 5.56 Å². The smallest absolute Gasteiger partial charge is 0.353 e. The predicted molar refractivity (Wildman–Crippen MR) is 118 cm³/mol. The number of oxime groups is 2. The Morgan fingerprint density at radius 2 is 1.91 bits per heavy atom.